The molecule has 1 saturated carbocycles. The summed E-state index contributed by atoms with van der Waals surface area (Å²) in [5, 5.41) is 8.98. The minimum atomic E-state index is -0.741. The second-order valence-electron chi connectivity index (χ2n) is 6.48. The molecule has 1 N–H and O–H groups in total. The van der Waals surface area contributed by atoms with Gasteiger partial charge in [0, 0.05) is 19.6 Å². The van der Waals surface area contributed by atoms with E-state index in [1.807, 2.05) is 16.8 Å². The molecule has 2 fully saturated rings. The average Bonchev–Trinajstić information content (AvgIpc) is 2.87. The monoisotopic (exact) mass is 318 g/mol. The Morgan fingerprint density at radius 2 is 1.81 bits per heavy atom. The molecule has 0 aromatic carbocycles. The average molecular weight is 319 g/mol. The molecule has 5 nitrogen and oxygen atoms in total. The lowest BCUT2D eigenvalue weighted by molar-refractivity contribution is -0.141. The highest BCUT2D eigenvalue weighted by Gasteiger charge is 2.31. The summed E-state index contributed by atoms with van der Waals surface area (Å²) in [7, 11) is 1.90. The summed E-state index contributed by atoms with van der Waals surface area (Å²) < 4.78 is 0. The van der Waals surface area contributed by atoms with E-state index < -0.39 is 5.97 Å². The zero-order valence-electron chi connectivity index (χ0n) is 13.0. The van der Waals surface area contributed by atoms with Crippen LogP contribution in [0.1, 0.15) is 39.0 Å². The maximum Gasteiger partial charge on any atom is 0.307 e. The van der Waals surface area contributed by atoms with Crippen molar-refractivity contribution in [3.63, 3.8) is 0 Å². The summed E-state index contributed by atoms with van der Waals surface area (Å²) >= 11 is 0. The third kappa shape index (κ3) is 4.85. The van der Waals surface area contributed by atoms with Gasteiger partial charge in [0.15, 0.2) is 0 Å². The van der Waals surface area contributed by atoms with E-state index in [1.165, 1.54) is 12.8 Å². The lowest BCUT2D eigenvalue weighted by Gasteiger charge is -2.34. The topological polar surface area (TPSA) is 60.9 Å². The number of rotatable bonds is 4. The Kier molecular flexibility index (Phi) is 6.94. The molecule has 1 amide bonds. The Balaban J connectivity index is 0.00000220. The molecule has 0 spiro atoms. The first-order valence-corrected chi connectivity index (χ1v) is 7.68. The summed E-state index contributed by atoms with van der Waals surface area (Å²) in [4.78, 5) is 27.1. The lowest BCUT2D eigenvalue weighted by Crippen LogP contribution is -2.44. The summed E-state index contributed by atoms with van der Waals surface area (Å²) in [5.74, 6) is -0.126. The Bertz CT molecular complexity index is 370. The van der Waals surface area contributed by atoms with Crippen LogP contribution in [0.2, 0.25) is 0 Å². The normalized spacial score (nSPS) is 29.7. The van der Waals surface area contributed by atoms with E-state index in [9.17, 15) is 9.59 Å². The summed E-state index contributed by atoms with van der Waals surface area (Å²) in [6.07, 6.45) is 5.26. The van der Waals surface area contributed by atoms with Gasteiger partial charge in [0.25, 0.3) is 0 Å². The smallest absolute Gasteiger partial charge is 0.307 e. The van der Waals surface area contributed by atoms with Gasteiger partial charge in [0.2, 0.25) is 5.91 Å². The largest absolute Gasteiger partial charge is 0.481 e. The molecular weight excluding hydrogens is 292 g/mol. The van der Waals surface area contributed by atoms with Crippen LogP contribution < -0.4 is 0 Å². The van der Waals surface area contributed by atoms with Crippen LogP contribution in [0.15, 0.2) is 0 Å². The van der Waals surface area contributed by atoms with Gasteiger partial charge >= 0.3 is 5.97 Å². The van der Waals surface area contributed by atoms with Crippen LogP contribution in [-0.2, 0) is 9.59 Å². The van der Waals surface area contributed by atoms with Crippen molar-refractivity contribution >= 4 is 24.3 Å². The van der Waals surface area contributed by atoms with Crippen LogP contribution in [0.25, 0.3) is 0 Å². The van der Waals surface area contributed by atoms with Gasteiger partial charge in [-0.1, -0.05) is 6.92 Å². The number of carboxylic acid groups (broad SMARTS) is 1. The SMILES string of the molecule is CC1CCC(N(C)C(=O)CN2CCC(C(=O)O)C2)CC1.Cl. The predicted molar refractivity (Wildman–Crippen MR) is 83.6 cm³/mol. The molecule has 6 heteroatoms. The molecular formula is C15H27ClN2O3. The van der Waals surface area contributed by atoms with Crippen molar-refractivity contribution < 1.29 is 14.7 Å². The number of hydrogen-bond acceptors (Lipinski definition) is 3. The zero-order chi connectivity index (χ0) is 14.7. The van der Waals surface area contributed by atoms with Crippen LogP contribution in [0.3, 0.4) is 0 Å². The second kappa shape index (κ2) is 7.99. The quantitative estimate of drug-likeness (QED) is 0.859. The Morgan fingerprint density at radius 1 is 1.19 bits per heavy atom. The van der Waals surface area contributed by atoms with Crippen molar-refractivity contribution in [1.29, 1.82) is 0 Å². The fourth-order valence-corrected chi connectivity index (χ4v) is 3.31. The minimum Gasteiger partial charge on any atom is -0.481 e. The van der Waals surface area contributed by atoms with Crippen molar-refractivity contribution in [3.8, 4) is 0 Å². The molecule has 1 atom stereocenters. The van der Waals surface area contributed by atoms with E-state index >= 15 is 0 Å². The number of hydrogen-bond donors (Lipinski definition) is 1. The summed E-state index contributed by atoms with van der Waals surface area (Å²) in [5.41, 5.74) is 0. The second-order valence-corrected chi connectivity index (χ2v) is 6.48. The predicted octanol–water partition coefficient (Wildman–Crippen LogP) is 1.85. The molecule has 0 aromatic rings. The van der Waals surface area contributed by atoms with Crippen molar-refractivity contribution in [2.24, 2.45) is 11.8 Å². The maximum absolute atomic E-state index is 12.3. The number of likely N-dealkylation sites (N-methyl/N-ethyl adjacent to an activating group) is 1. The molecule has 2 rings (SSSR count). The molecule has 2 aliphatic rings. The molecule has 0 aromatic heterocycles. The third-order valence-corrected chi connectivity index (χ3v) is 4.91. The van der Waals surface area contributed by atoms with Crippen LogP contribution >= 0.6 is 12.4 Å². The van der Waals surface area contributed by atoms with Crippen LogP contribution in [0, 0.1) is 11.8 Å². The molecule has 1 aliphatic carbocycles. The number of aliphatic carboxylic acids is 1. The van der Waals surface area contributed by atoms with Gasteiger partial charge in [0.05, 0.1) is 12.5 Å². The van der Waals surface area contributed by atoms with Gasteiger partial charge in [-0.3, -0.25) is 14.5 Å². The van der Waals surface area contributed by atoms with Crippen LogP contribution in [0.5, 0.6) is 0 Å². The standard InChI is InChI=1S/C15H26N2O3.ClH/c1-11-3-5-13(6-4-11)16(2)14(18)10-17-8-7-12(9-17)15(19)20;/h11-13H,3-10H2,1-2H3,(H,19,20);1H. The number of amides is 1. The number of likely N-dealkylation sites (tertiary alicyclic amines) is 1. The molecule has 122 valence electrons. The molecule has 0 radical (unpaired) electrons. The van der Waals surface area contributed by atoms with Crippen LogP contribution in [-0.4, -0.2) is 59.5 Å². The molecule has 1 unspecified atom stereocenters. The minimum absolute atomic E-state index is 0. The van der Waals surface area contributed by atoms with E-state index in [4.69, 9.17) is 5.11 Å². The Morgan fingerprint density at radius 3 is 2.33 bits per heavy atom. The van der Waals surface area contributed by atoms with Crippen molar-refractivity contribution in [2.45, 2.75) is 45.1 Å². The fraction of sp³-hybridized carbons (Fsp3) is 0.867. The molecule has 0 bridgehead atoms. The summed E-state index contributed by atoms with van der Waals surface area (Å²) in [6, 6.07) is 0.372. The first-order chi connectivity index (χ1) is 9.47. The van der Waals surface area contributed by atoms with Gasteiger partial charge < -0.3 is 10.0 Å². The van der Waals surface area contributed by atoms with Gasteiger partial charge in [-0.15, -0.1) is 12.4 Å². The summed E-state index contributed by atoms with van der Waals surface area (Å²) in [6.45, 7) is 3.87. The van der Waals surface area contributed by atoms with Crippen molar-refractivity contribution in [3.05, 3.63) is 0 Å². The molecule has 1 heterocycles. The highest BCUT2D eigenvalue weighted by molar-refractivity contribution is 5.85. The maximum atomic E-state index is 12.3. The number of halogens is 1. The van der Waals surface area contributed by atoms with E-state index in [-0.39, 0.29) is 24.2 Å². The highest BCUT2D eigenvalue weighted by Crippen LogP contribution is 2.26. The molecule has 21 heavy (non-hydrogen) atoms. The number of carboxylic acids is 1. The molecule has 1 aliphatic heterocycles. The van der Waals surface area contributed by atoms with Gasteiger partial charge in [0.1, 0.15) is 0 Å². The first kappa shape index (κ1) is 18.2. The highest BCUT2D eigenvalue weighted by atomic mass is 35.5. The number of carbonyl (C=O) groups excluding carboxylic acids is 1. The van der Waals surface area contributed by atoms with Gasteiger partial charge in [-0.25, -0.2) is 0 Å². The van der Waals surface area contributed by atoms with Gasteiger partial charge in [-0.05, 0) is 44.6 Å². The Labute approximate surface area is 133 Å². The third-order valence-electron chi connectivity index (χ3n) is 4.91. The van der Waals surface area contributed by atoms with E-state index in [2.05, 4.69) is 6.92 Å². The number of nitrogens with zero attached hydrogens (tertiary/aromatic N) is 2. The Hall–Kier alpha value is -0.810. The molecule has 1 saturated heterocycles. The number of carbonyl (C=O) groups is 2. The van der Waals surface area contributed by atoms with E-state index in [0.717, 1.165) is 25.3 Å². The van der Waals surface area contributed by atoms with Gasteiger partial charge in [-0.2, -0.15) is 0 Å². The van der Waals surface area contributed by atoms with E-state index in [1.54, 1.807) is 0 Å². The van der Waals surface area contributed by atoms with Crippen LogP contribution in [0.4, 0.5) is 0 Å². The van der Waals surface area contributed by atoms with Crippen molar-refractivity contribution in [2.75, 3.05) is 26.7 Å². The lowest BCUT2D eigenvalue weighted by atomic mass is 9.87. The fourth-order valence-electron chi connectivity index (χ4n) is 3.31. The zero-order valence-corrected chi connectivity index (χ0v) is 13.8. The first-order valence-electron chi connectivity index (χ1n) is 7.68. The van der Waals surface area contributed by atoms with E-state index in [0.29, 0.717) is 25.6 Å². The van der Waals surface area contributed by atoms with Crippen molar-refractivity contribution in [1.82, 2.24) is 9.80 Å².